The molecule has 2 nitrogen and oxygen atoms in total. The first-order valence-electron chi connectivity index (χ1n) is 8.43. The Bertz CT molecular complexity index is 277. The van der Waals surface area contributed by atoms with Gasteiger partial charge in [0, 0.05) is 6.04 Å². The van der Waals surface area contributed by atoms with Crippen LogP contribution in [0.15, 0.2) is 11.6 Å². The van der Waals surface area contributed by atoms with Gasteiger partial charge in [0.15, 0.2) is 0 Å². The summed E-state index contributed by atoms with van der Waals surface area (Å²) in [5.74, 6) is 0.892. The summed E-state index contributed by atoms with van der Waals surface area (Å²) in [7, 11) is 0. The van der Waals surface area contributed by atoms with Crippen molar-refractivity contribution in [3.05, 3.63) is 11.6 Å². The quantitative estimate of drug-likeness (QED) is 0.738. The van der Waals surface area contributed by atoms with Crippen LogP contribution in [0.1, 0.15) is 58.8 Å². The van der Waals surface area contributed by atoms with Crippen molar-refractivity contribution >= 4 is 0 Å². The molecule has 2 rings (SSSR count). The Morgan fingerprint density at radius 3 is 2.74 bits per heavy atom. The second-order valence-electron chi connectivity index (χ2n) is 6.37. The zero-order valence-corrected chi connectivity index (χ0v) is 13.0. The third kappa shape index (κ3) is 4.92. The number of hydrogen-bond acceptors (Lipinski definition) is 2. The average Bonchev–Trinajstić information content (AvgIpc) is 2.48. The maximum Gasteiger partial charge on any atom is 0.00680 e. The lowest BCUT2D eigenvalue weighted by atomic mass is 9.90. The van der Waals surface area contributed by atoms with Gasteiger partial charge in [-0.1, -0.05) is 18.6 Å². The minimum Gasteiger partial charge on any atom is -0.314 e. The topological polar surface area (TPSA) is 15.3 Å². The highest BCUT2D eigenvalue weighted by Gasteiger charge is 2.22. The molecule has 1 atom stereocenters. The van der Waals surface area contributed by atoms with Crippen molar-refractivity contribution in [1.82, 2.24) is 10.2 Å². The summed E-state index contributed by atoms with van der Waals surface area (Å²) in [6.45, 7) is 9.68. The predicted molar refractivity (Wildman–Crippen MR) is 83.5 cm³/mol. The molecule has 0 aromatic rings. The molecule has 0 aromatic carbocycles. The van der Waals surface area contributed by atoms with Gasteiger partial charge in [-0.05, 0) is 84.0 Å². The van der Waals surface area contributed by atoms with Crippen LogP contribution in [0.4, 0.5) is 0 Å². The van der Waals surface area contributed by atoms with Crippen LogP contribution in [-0.4, -0.2) is 37.1 Å². The number of allylic oxidation sites excluding steroid dienone is 1. The van der Waals surface area contributed by atoms with Gasteiger partial charge in [0.05, 0.1) is 0 Å². The van der Waals surface area contributed by atoms with Crippen LogP contribution < -0.4 is 5.32 Å². The van der Waals surface area contributed by atoms with Crippen LogP contribution in [0, 0.1) is 5.92 Å². The van der Waals surface area contributed by atoms with Gasteiger partial charge in [0.2, 0.25) is 0 Å². The fourth-order valence-electron chi connectivity index (χ4n) is 3.53. The van der Waals surface area contributed by atoms with E-state index in [1.54, 1.807) is 5.57 Å². The van der Waals surface area contributed by atoms with Gasteiger partial charge < -0.3 is 10.2 Å². The van der Waals surface area contributed by atoms with Gasteiger partial charge in [0.25, 0.3) is 0 Å². The molecule has 1 fully saturated rings. The third-order valence-corrected chi connectivity index (χ3v) is 5.08. The summed E-state index contributed by atoms with van der Waals surface area (Å²) in [5.41, 5.74) is 1.70. The van der Waals surface area contributed by atoms with Crippen LogP contribution in [0.5, 0.6) is 0 Å². The Labute approximate surface area is 119 Å². The molecule has 2 heteroatoms. The lowest BCUT2D eigenvalue weighted by molar-refractivity contribution is 0.169. The summed E-state index contributed by atoms with van der Waals surface area (Å²) in [5, 5.41) is 3.77. The van der Waals surface area contributed by atoms with Crippen molar-refractivity contribution in [2.75, 3.05) is 26.2 Å². The van der Waals surface area contributed by atoms with E-state index in [0.29, 0.717) is 6.04 Å². The predicted octanol–water partition coefficient (Wildman–Crippen LogP) is 3.59. The first-order chi connectivity index (χ1) is 9.29. The van der Waals surface area contributed by atoms with Crippen LogP contribution in [0.25, 0.3) is 0 Å². The van der Waals surface area contributed by atoms with E-state index in [1.165, 1.54) is 71.1 Å². The van der Waals surface area contributed by atoms with Gasteiger partial charge in [0.1, 0.15) is 0 Å². The van der Waals surface area contributed by atoms with Gasteiger partial charge in [-0.3, -0.25) is 0 Å². The van der Waals surface area contributed by atoms with Crippen LogP contribution in [-0.2, 0) is 0 Å². The summed E-state index contributed by atoms with van der Waals surface area (Å²) >= 11 is 0. The van der Waals surface area contributed by atoms with Crippen molar-refractivity contribution in [1.29, 1.82) is 0 Å². The zero-order valence-electron chi connectivity index (χ0n) is 13.0. The Hall–Kier alpha value is -0.340. The van der Waals surface area contributed by atoms with E-state index in [-0.39, 0.29) is 0 Å². The molecule has 1 heterocycles. The van der Waals surface area contributed by atoms with Crippen molar-refractivity contribution in [2.24, 2.45) is 5.92 Å². The van der Waals surface area contributed by atoms with Crippen molar-refractivity contribution in [3.8, 4) is 0 Å². The standard InChI is InChI=1S/C17H32N2/c1-3-19-13-10-17(11-14-19)15(2)18-12-9-16-7-5-4-6-8-16/h7,15,17-18H,3-6,8-14H2,1-2H3. The molecule has 1 N–H and O–H groups in total. The van der Waals surface area contributed by atoms with E-state index >= 15 is 0 Å². The van der Waals surface area contributed by atoms with Crippen molar-refractivity contribution in [2.45, 2.75) is 64.8 Å². The van der Waals surface area contributed by atoms with Crippen LogP contribution >= 0.6 is 0 Å². The van der Waals surface area contributed by atoms with E-state index in [0.717, 1.165) is 5.92 Å². The minimum absolute atomic E-state index is 0.697. The van der Waals surface area contributed by atoms with Crippen molar-refractivity contribution < 1.29 is 0 Å². The van der Waals surface area contributed by atoms with Crippen molar-refractivity contribution in [3.63, 3.8) is 0 Å². The molecular weight excluding hydrogens is 232 g/mol. The van der Waals surface area contributed by atoms with E-state index in [2.05, 4.69) is 30.1 Å². The molecule has 0 aromatic heterocycles. The van der Waals surface area contributed by atoms with Gasteiger partial charge in [-0.2, -0.15) is 0 Å². The average molecular weight is 264 g/mol. The minimum atomic E-state index is 0.697. The second-order valence-corrected chi connectivity index (χ2v) is 6.37. The van der Waals surface area contributed by atoms with Crippen LogP contribution in [0.3, 0.4) is 0 Å². The molecule has 0 amide bonds. The Morgan fingerprint density at radius 1 is 1.32 bits per heavy atom. The smallest absolute Gasteiger partial charge is 0.00680 e. The van der Waals surface area contributed by atoms with E-state index < -0.39 is 0 Å². The summed E-state index contributed by atoms with van der Waals surface area (Å²) in [4.78, 5) is 2.58. The molecule has 2 aliphatic rings. The zero-order chi connectivity index (χ0) is 13.5. The largest absolute Gasteiger partial charge is 0.314 e. The number of nitrogens with one attached hydrogen (secondary N) is 1. The van der Waals surface area contributed by atoms with E-state index in [4.69, 9.17) is 0 Å². The lowest BCUT2D eigenvalue weighted by Gasteiger charge is -2.34. The molecule has 1 unspecified atom stereocenters. The molecule has 1 aliphatic carbocycles. The van der Waals surface area contributed by atoms with Gasteiger partial charge >= 0.3 is 0 Å². The Kier molecular flexibility index (Phi) is 6.39. The first-order valence-corrected chi connectivity index (χ1v) is 8.43. The summed E-state index contributed by atoms with van der Waals surface area (Å²) in [6, 6.07) is 0.697. The molecule has 0 spiro atoms. The monoisotopic (exact) mass is 264 g/mol. The fourth-order valence-corrected chi connectivity index (χ4v) is 3.53. The van der Waals surface area contributed by atoms with Gasteiger partial charge in [-0.15, -0.1) is 0 Å². The van der Waals surface area contributed by atoms with E-state index in [9.17, 15) is 0 Å². The second kappa shape index (κ2) is 8.06. The molecule has 110 valence electrons. The first kappa shape index (κ1) is 15.1. The number of hydrogen-bond donors (Lipinski definition) is 1. The Balaban J connectivity index is 1.61. The number of likely N-dealkylation sites (tertiary alicyclic amines) is 1. The Morgan fingerprint density at radius 2 is 2.11 bits per heavy atom. The maximum absolute atomic E-state index is 3.77. The number of piperidine rings is 1. The number of rotatable bonds is 6. The number of nitrogens with zero attached hydrogens (tertiary/aromatic N) is 1. The highest BCUT2D eigenvalue weighted by Crippen LogP contribution is 2.22. The van der Waals surface area contributed by atoms with Crippen LogP contribution in [0.2, 0.25) is 0 Å². The summed E-state index contributed by atoms with van der Waals surface area (Å²) in [6.07, 6.45) is 12.0. The third-order valence-electron chi connectivity index (χ3n) is 5.08. The molecular formula is C17H32N2. The molecule has 1 aliphatic heterocycles. The molecule has 0 bridgehead atoms. The highest BCUT2D eigenvalue weighted by atomic mass is 15.1. The molecule has 0 radical (unpaired) electrons. The maximum atomic E-state index is 3.77. The molecule has 1 saturated heterocycles. The van der Waals surface area contributed by atoms with E-state index in [1.807, 2.05) is 0 Å². The summed E-state index contributed by atoms with van der Waals surface area (Å²) < 4.78 is 0. The normalized spacial score (nSPS) is 24.2. The highest BCUT2D eigenvalue weighted by molar-refractivity contribution is 5.05. The molecule has 0 saturated carbocycles. The van der Waals surface area contributed by atoms with Gasteiger partial charge in [-0.25, -0.2) is 0 Å². The molecule has 19 heavy (non-hydrogen) atoms. The fraction of sp³-hybridized carbons (Fsp3) is 0.882. The SMILES string of the molecule is CCN1CCC(C(C)NCCC2=CCCCC2)CC1. The lowest BCUT2D eigenvalue weighted by Crippen LogP contribution is -2.42.